The summed E-state index contributed by atoms with van der Waals surface area (Å²) >= 11 is 0. The molecule has 2 aromatic rings. The van der Waals surface area contributed by atoms with E-state index in [1.54, 1.807) is 12.1 Å². The van der Waals surface area contributed by atoms with Gasteiger partial charge in [0, 0.05) is 39.0 Å². The van der Waals surface area contributed by atoms with Crippen molar-refractivity contribution in [2.75, 3.05) is 38.1 Å². The molecule has 4 N–H and O–H groups in total. The number of hydrogen-bond donors (Lipinski definition) is 4. The van der Waals surface area contributed by atoms with Crippen LogP contribution in [0.2, 0.25) is 0 Å². The minimum Gasteiger partial charge on any atom is -0.465 e. The minimum absolute atomic E-state index is 0.0422. The molecular weight excluding hydrogens is 444 g/mol. The Labute approximate surface area is 195 Å². The molecule has 0 spiro atoms. The molecule has 182 valence electrons. The van der Waals surface area contributed by atoms with Crippen molar-refractivity contribution in [2.24, 2.45) is 0 Å². The highest BCUT2D eigenvalue weighted by Gasteiger charge is 2.35. The van der Waals surface area contributed by atoms with Gasteiger partial charge in [-0.1, -0.05) is 12.1 Å². The van der Waals surface area contributed by atoms with Crippen molar-refractivity contribution < 1.29 is 24.6 Å². The van der Waals surface area contributed by atoms with Gasteiger partial charge in [0.15, 0.2) is 0 Å². The SMILES string of the molecule is CC(C)(NC(=O)O)C(=O)N1CCN(C(=O)Nc2ccn(-c3ccc(CCO)cc3)c(=O)n2)CC1. The van der Waals surface area contributed by atoms with Gasteiger partial charge in [-0.2, -0.15) is 4.98 Å². The standard InChI is InChI=1S/C22H28N6O6/c1-22(2,25-21(33)34)18(30)26-10-12-27(13-11-26)19(31)23-17-7-9-28(20(32)24-17)16-5-3-15(4-6-16)8-14-29/h3-7,9,25,29H,8,10-14H2,1-2H3,(H,33,34)(H,23,24,31,32). The fourth-order valence-electron chi connectivity index (χ4n) is 3.64. The van der Waals surface area contributed by atoms with Crippen LogP contribution in [0, 0.1) is 0 Å². The number of nitrogens with one attached hydrogen (secondary N) is 2. The van der Waals surface area contributed by atoms with E-state index in [1.165, 1.54) is 40.5 Å². The summed E-state index contributed by atoms with van der Waals surface area (Å²) in [4.78, 5) is 55.5. The Morgan fingerprint density at radius 3 is 2.21 bits per heavy atom. The summed E-state index contributed by atoms with van der Waals surface area (Å²) in [7, 11) is 0. The highest BCUT2D eigenvalue weighted by molar-refractivity contribution is 5.90. The maximum Gasteiger partial charge on any atom is 0.405 e. The van der Waals surface area contributed by atoms with Crippen molar-refractivity contribution in [3.05, 3.63) is 52.6 Å². The summed E-state index contributed by atoms with van der Waals surface area (Å²) in [6.07, 6.45) is 0.752. The Bertz CT molecular complexity index is 1110. The maximum atomic E-state index is 12.6. The zero-order valence-electron chi connectivity index (χ0n) is 19.0. The first-order chi connectivity index (χ1) is 16.1. The van der Waals surface area contributed by atoms with E-state index in [0.29, 0.717) is 12.1 Å². The number of piperazine rings is 1. The number of nitrogens with zero attached hydrogens (tertiary/aromatic N) is 4. The lowest BCUT2D eigenvalue weighted by Crippen LogP contribution is -2.60. The molecule has 1 aliphatic heterocycles. The first-order valence-corrected chi connectivity index (χ1v) is 10.8. The van der Waals surface area contributed by atoms with Crippen LogP contribution in [-0.4, -0.2) is 85.9 Å². The second kappa shape index (κ2) is 10.3. The number of carbonyl (C=O) groups is 3. The number of carbonyl (C=O) groups excluding carboxylic acids is 2. The molecule has 12 nitrogen and oxygen atoms in total. The molecule has 1 fully saturated rings. The van der Waals surface area contributed by atoms with E-state index in [2.05, 4.69) is 15.6 Å². The molecular formula is C22H28N6O6. The van der Waals surface area contributed by atoms with Gasteiger partial charge in [0.1, 0.15) is 11.4 Å². The van der Waals surface area contributed by atoms with E-state index in [9.17, 15) is 19.2 Å². The molecule has 0 aliphatic carbocycles. The average Bonchev–Trinajstić information content (AvgIpc) is 2.79. The summed E-state index contributed by atoms with van der Waals surface area (Å²) in [5.74, 6) is -0.266. The molecule has 1 aromatic carbocycles. The quantitative estimate of drug-likeness (QED) is 0.476. The van der Waals surface area contributed by atoms with Gasteiger partial charge in [-0.05, 0) is 44.0 Å². The highest BCUT2D eigenvalue weighted by atomic mass is 16.4. The molecule has 1 aliphatic rings. The largest absolute Gasteiger partial charge is 0.465 e. The number of hydrogen-bond acceptors (Lipinski definition) is 6. The summed E-state index contributed by atoms with van der Waals surface area (Å²) < 4.78 is 1.34. The first-order valence-electron chi connectivity index (χ1n) is 10.8. The third-order valence-corrected chi connectivity index (χ3v) is 5.46. The minimum atomic E-state index is -1.29. The molecule has 4 amide bonds. The third-order valence-electron chi connectivity index (χ3n) is 5.46. The molecule has 0 bridgehead atoms. The second-order valence-electron chi connectivity index (χ2n) is 8.37. The van der Waals surface area contributed by atoms with Crippen molar-refractivity contribution in [3.8, 4) is 5.69 Å². The molecule has 0 unspecified atom stereocenters. The maximum absolute atomic E-state index is 12.6. The summed E-state index contributed by atoms with van der Waals surface area (Å²) in [6.45, 7) is 4.01. The summed E-state index contributed by atoms with van der Waals surface area (Å²) in [5.41, 5.74) is -0.280. The fourth-order valence-corrected chi connectivity index (χ4v) is 3.64. The van der Waals surface area contributed by atoms with Crippen LogP contribution in [0.5, 0.6) is 0 Å². The smallest absolute Gasteiger partial charge is 0.405 e. The number of aliphatic hydroxyl groups excluding tert-OH is 1. The van der Waals surface area contributed by atoms with Crippen molar-refractivity contribution in [1.82, 2.24) is 24.7 Å². The van der Waals surface area contributed by atoms with E-state index in [-0.39, 0.29) is 44.5 Å². The van der Waals surface area contributed by atoms with Crippen molar-refractivity contribution in [2.45, 2.75) is 25.8 Å². The van der Waals surface area contributed by atoms with Crippen LogP contribution in [0.25, 0.3) is 5.69 Å². The van der Waals surface area contributed by atoms with E-state index in [0.717, 1.165) is 5.56 Å². The molecule has 34 heavy (non-hydrogen) atoms. The van der Waals surface area contributed by atoms with Gasteiger partial charge >= 0.3 is 17.8 Å². The Hall–Kier alpha value is -3.93. The van der Waals surface area contributed by atoms with Crippen LogP contribution < -0.4 is 16.3 Å². The zero-order valence-corrected chi connectivity index (χ0v) is 19.0. The predicted molar refractivity (Wildman–Crippen MR) is 123 cm³/mol. The molecule has 1 aromatic heterocycles. The van der Waals surface area contributed by atoms with E-state index >= 15 is 0 Å². The van der Waals surface area contributed by atoms with E-state index < -0.39 is 23.4 Å². The summed E-state index contributed by atoms with van der Waals surface area (Å²) in [5, 5.41) is 22.7. The van der Waals surface area contributed by atoms with Gasteiger partial charge in [0.2, 0.25) is 5.91 Å². The van der Waals surface area contributed by atoms with Gasteiger partial charge in [0.25, 0.3) is 0 Å². The monoisotopic (exact) mass is 472 g/mol. The number of urea groups is 1. The molecule has 1 saturated heterocycles. The lowest BCUT2D eigenvalue weighted by atomic mass is 10.0. The molecule has 0 atom stereocenters. The zero-order chi connectivity index (χ0) is 24.9. The van der Waals surface area contributed by atoms with Gasteiger partial charge in [-0.3, -0.25) is 14.7 Å². The highest BCUT2D eigenvalue weighted by Crippen LogP contribution is 2.13. The number of benzene rings is 1. The van der Waals surface area contributed by atoms with Crippen molar-refractivity contribution >= 4 is 23.8 Å². The van der Waals surface area contributed by atoms with Crippen molar-refractivity contribution in [3.63, 3.8) is 0 Å². The predicted octanol–water partition coefficient (Wildman–Crippen LogP) is 0.490. The Morgan fingerprint density at radius 1 is 1.03 bits per heavy atom. The fraction of sp³-hybridized carbons (Fsp3) is 0.409. The third kappa shape index (κ3) is 5.90. The number of rotatable bonds is 6. The molecule has 12 heteroatoms. The van der Waals surface area contributed by atoms with E-state index in [4.69, 9.17) is 10.2 Å². The average molecular weight is 473 g/mol. The number of aromatic nitrogens is 2. The van der Waals surface area contributed by atoms with Crippen LogP contribution in [0.3, 0.4) is 0 Å². The van der Waals surface area contributed by atoms with Gasteiger partial charge < -0.3 is 25.3 Å². The van der Waals surface area contributed by atoms with Crippen LogP contribution >= 0.6 is 0 Å². The lowest BCUT2D eigenvalue weighted by Gasteiger charge is -2.38. The normalized spacial score (nSPS) is 14.0. The van der Waals surface area contributed by atoms with Gasteiger partial charge in [-0.15, -0.1) is 0 Å². The topological polar surface area (TPSA) is 157 Å². The number of carboxylic acid groups (broad SMARTS) is 1. The Morgan fingerprint density at radius 2 is 1.65 bits per heavy atom. The van der Waals surface area contributed by atoms with E-state index in [1.807, 2.05) is 12.1 Å². The van der Waals surface area contributed by atoms with Crippen LogP contribution in [0.1, 0.15) is 19.4 Å². The summed E-state index contributed by atoms with van der Waals surface area (Å²) in [6, 6.07) is 8.20. The van der Waals surface area contributed by atoms with Gasteiger partial charge in [-0.25, -0.2) is 14.4 Å². The number of anilines is 1. The Kier molecular flexibility index (Phi) is 7.51. The second-order valence-corrected chi connectivity index (χ2v) is 8.37. The van der Waals surface area contributed by atoms with Gasteiger partial charge in [0.05, 0.1) is 5.69 Å². The molecule has 0 radical (unpaired) electrons. The lowest BCUT2D eigenvalue weighted by molar-refractivity contribution is -0.138. The molecule has 3 rings (SSSR count). The molecule has 2 heterocycles. The van der Waals surface area contributed by atoms with Crippen LogP contribution in [0.4, 0.5) is 15.4 Å². The molecule has 0 saturated carbocycles. The Balaban J connectivity index is 1.58. The number of aliphatic hydroxyl groups is 1. The van der Waals surface area contributed by atoms with Crippen LogP contribution in [0.15, 0.2) is 41.3 Å². The van der Waals surface area contributed by atoms with Crippen molar-refractivity contribution in [1.29, 1.82) is 0 Å². The number of amides is 4. The first kappa shape index (κ1) is 24.7. The van der Waals surface area contributed by atoms with Crippen LogP contribution in [-0.2, 0) is 11.2 Å².